The first-order valence-corrected chi connectivity index (χ1v) is 4.59. The zero-order valence-corrected chi connectivity index (χ0v) is 8.89. The molecule has 1 N–H and O–H groups in total. The van der Waals surface area contributed by atoms with Crippen LogP contribution in [0.25, 0.3) is 0 Å². The van der Waals surface area contributed by atoms with Crippen LogP contribution in [-0.4, -0.2) is 10.3 Å². The lowest BCUT2D eigenvalue weighted by molar-refractivity contribution is 1.40. The number of hydrogen-bond acceptors (Lipinski definition) is 1. The lowest BCUT2D eigenvalue weighted by Crippen LogP contribution is -1.96. The molecule has 0 aromatic heterocycles. The molecule has 0 amide bonds. The minimum absolute atomic E-state index is 0.153. The van der Waals surface area contributed by atoms with Crippen LogP contribution in [0.3, 0.4) is 0 Å². The number of hydrogen-bond donors (Lipinski definition) is 1. The molecule has 1 aromatic carbocycles. The van der Waals surface area contributed by atoms with Crippen LogP contribution in [0.4, 0.5) is 0 Å². The summed E-state index contributed by atoms with van der Waals surface area (Å²) < 4.78 is 0.186. The molecule has 0 saturated heterocycles. The van der Waals surface area contributed by atoms with Gasteiger partial charge < -0.3 is 0 Å². The third-order valence-corrected chi connectivity index (χ3v) is 1.73. The van der Waals surface area contributed by atoms with Gasteiger partial charge in [-0.2, -0.15) is 4.99 Å². The summed E-state index contributed by atoms with van der Waals surface area (Å²) >= 11 is 8.49. The SMILES string of the molecule is Cc1ccc(C(=N)N=C([SH2+])Cl)cc1. The Balaban J connectivity index is 2.90. The fraction of sp³-hybridized carbons (Fsp3) is 0.111. The van der Waals surface area contributed by atoms with E-state index in [2.05, 4.69) is 17.6 Å². The van der Waals surface area contributed by atoms with Crippen LogP contribution in [0.5, 0.6) is 0 Å². The monoisotopic (exact) mass is 213 g/mol. The Labute approximate surface area is 87.6 Å². The maximum Gasteiger partial charge on any atom is 0.314 e. The van der Waals surface area contributed by atoms with Gasteiger partial charge in [0.05, 0.1) is 0 Å². The van der Waals surface area contributed by atoms with Crippen molar-refractivity contribution in [3.63, 3.8) is 0 Å². The second-order valence-electron chi connectivity index (χ2n) is 2.62. The number of rotatable bonds is 1. The van der Waals surface area contributed by atoms with Gasteiger partial charge in [-0.15, -0.1) is 0 Å². The maximum absolute atomic E-state index is 7.53. The molecule has 68 valence electrons. The molecule has 0 bridgehead atoms. The fourth-order valence-electron chi connectivity index (χ4n) is 0.874. The van der Waals surface area contributed by atoms with Gasteiger partial charge in [0.15, 0.2) is 5.84 Å². The van der Waals surface area contributed by atoms with Gasteiger partial charge in [0.2, 0.25) is 0 Å². The van der Waals surface area contributed by atoms with Crippen molar-refractivity contribution >= 4 is 34.6 Å². The molecule has 0 saturated carbocycles. The van der Waals surface area contributed by atoms with E-state index in [0.29, 0.717) is 0 Å². The molecule has 1 rings (SSSR count). The standard InChI is InChI=1S/C9H9ClN2S/c1-6-2-4-7(5-3-6)8(11)12-9(10)13/h2-5H,1H3,(H2,11,12,13)/p+1. The van der Waals surface area contributed by atoms with Gasteiger partial charge in [0.1, 0.15) is 0 Å². The summed E-state index contributed by atoms with van der Waals surface area (Å²) in [6.45, 7) is 1.99. The Morgan fingerprint density at radius 3 is 2.38 bits per heavy atom. The van der Waals surface area contributed by atoms with Crippen molar-refractivity contribution in [3.05, 3.63) is 35.4 Å². The van der Waals surface area contributed by atoms with Crippen LogP contribution in [0, 0.1) is 12.3 Å². The predicted octanol–water partition coefficient (Wildman–Crippen LogP) is 1.93. The Bertz CT molecular complexity index is 339. The first kappa shape index (κ1) is 10.3. The van der Waals surface area contributed by atoms with E-state index in [1.807, 2.05) is 31.2 Å². The molecule has 0 fully saturated rings. The van der Waals surface area contributed by atoms with Crippen molar-refractivity contribution in [1.29, 1.82) is 5.41 Å². The third kappa shape index (κ3) is 3.20. The molecule has 0 atom stereocenters. The van der Waals surface area contributed by atoms with Gasteiger partial charge in [0, 0.05) is 18.2 Å². The molecule has 13 heavy (non-hydrogen) atoms. The predicted molar refractivity (Wildman–Crippen MR) is 61.5 cm³/mol. The maximum atomic E-state index is 7.53. The third-order valence-electron chi connectivity index (χ3n) is 1.53. The number of aryl methyl sites for hydroxylation is 1. The summed E-state index contributed by atoms with van der Waals surface area (Å²) in [5.41, 5.74) is 1.91. The lowest BCUT2D eigenvalue weighted by Gasteiger charge is -1.97. The Morgan fingerprint density at radius 1 is 1.38 bits per heavy atom. The van der Waals surface area contributed by atoms with E-state index >= 15 is 0 Å². The second-order valence-corrected chi connectivity index (χ2v) is 3.77. The smallest absolute Gasteiger partial charge is 0.282 e. The molecule has 0 radical (unpaired) electrons. The molecule has 4 heteroatoms. The number of benzene rings is 1. The van der Waals surface area contributed by atoms with Crippen LogP contribution < -0.4 is 0 Å². The van der Waals surface area contributed by atoms with Crippen molar-refractivity contribution < 1.29 is 0 Å². The molecule has 0 aliphatic carbocycles. The van der Waals surface area contributed by atoms with E-state index in [-0.39, 0.29) is 10.3 Å². The highest BCUT2D eigenvalue weighted by atomic mass is 35.5. The molecule has 0 heterocycles. The number of nitrogens with zero attached hydrogens (tertiary/aromatic N) is 1. The minimum Gasteiger partial charge on any atom is -0.282 e. The summed E-state index contributed by atoms with van der Waals surface area (Å²) in [5, 5.41) is 7.53. The van der Waals surface area contributed by atoms with E-state index in [1.54, 1.807) is 0 Å². The normalized spacial score (nSPS) is 11.5. The fourth-order valence-corrected chi connectivity index (χ4v) is 1.07. The highest BCUT2D eigenvalue weighted by Gasteiger charge is 2.00. The summed E-state index contributed by atoms with van der Waals surface area (Å²) in [6, 6.07) is 7.54. The average molecular weight is 214 g/mol. The van der Waals surface area contributed by atoms with Crippen molar-refractivity contribution in [2.45, 2.75) is 6.92 Å². The first-order chi connectivity index (χ1) is 6.09. The van der Waals surface area contributed by atoms with Crippen molar-refractivity contribution in [3.8, 4) is 0 Å². The molecular formula is C9H10ClN2S+. The van der Waals surface area contributed by atoms with Gasteiger partial charge in [-0.3, -0.25) is 5.41 Å². The zero-order chi connectivity index (χ0) is 9.84. The number of nitrogens with one attached hydrogen (secondary N) is 1. The van der Waals surface area contributed by atoms with Crippen LogP contribution in [0.1, 0.15) is 11.1 Å². The number of aliphatic imine (C=N–C) groups is 1. The van der Waals surface area contributed by atoms with Gasteiger partial charge >= 0.3 is 4.50 Å². The van der Waals surface area contributed by atoms with Crippen LogP contribution in [-0.2, 0) is 12.6 Å². The molecule has 1 aromatic rings. The van der Waals surface area contributed by atoms with Gasteiger partial charge in [-0.25, -0.2) is 0 Å². The van der Waals surface area contributed by atoms with Crippen molar-refractivity contribution in [2.24, 2.45) is 4.99 Å². The first-order valence-electron chi connectivity index (χ1n) is 3.71. The summed E-state index contributed by atoms with van der Waals surface area (Å²) in [7, 11) is 0. The topological polar surface area (TPSA) is 36.2 Å². The minimum atomic E-state index is 0.153. The lowest BCUT2D eigenvalue weighted by atomic mass is 10.1. The number of amidine groups is 1. The van der Waals surface area contributed by atoms with Gasteiger partial charge in [0.25, 0.3) is 0 Å². The number of halogens is 1. The van der Waals surface area contributed by atoms with Crippen LogP contribution in [0.15, 0.2) is 29.3 Å². The van der Waals surface area contributed by atoms with E-state index in [4.69, 9.17) is 17.0 Å². The quantitative estimate of drug-likeness (QED) is 0.421. The Kier molecular flexibility index (Phi) is 3.51. The highest BCUT2D eigenvalue weighted by molar-refractivity contribution is 7.82. The molecular weight excluding hydrogens is 204 g/mol. The van der Waals surface area contributed by atoms with E-state index < -0.39 is 0 Å². The highest BCUT2D eigenvalue weighted by Crippen LogP contribution is 2.04. The van der Waals surface area contributed by atoms with Crippen molar-refractivity contribution in [1.82, 2.24) is 0 Å². The summed E-state index contributed by atoms with van der Waals surface area (Å²) in [5.74, 6) is 0.153. The molecule has 2 nitrogen and oxygen atoms in total. The zero-order valence-electron chi connectivity index (χ0n) is 7.13. The van der Waals surface area contributed by atoms with E-state index in [9.17, 15) is 0 Å². The Hall–Kier alpha value is -0.800. The second kappa shape index (κ2) is 4.44. The summed E-state index contributed by atoms with van der Waals surface area (Å²) in [6.07, 6.45) is 0. The molecule has 0 aliphatic rings. The van der Waals surface area contributed by atoms with Gasteiger partial charge in [-0.1, -0.05) is 29.8 Å². The van der Waals surface area contributed by atoms with Crippen LogP contribution in [0.2, 0.25) is 0 Å². The average Bonchev–Trinajstić information content (AvgIpc) is 2.04. The van der Waals surface area contributed by atoms with E-state index in [1.165, 1.54) is 0 Å². The van der Waals surface area contributed by atoms with Crippen LogP contribution >= 0.6 is 11.6 Å². The molecule has 0 unspecified atom stereocenters. The van der Waals surface area contributed by atoms with Crippen molar-refractivity contribution in [2.75, 3.05) is 0 Å². The Morgan fingerprint density at radius 2 is 1.92 bits per heavy atom. The molecule has 0 aliphatic heterocycles. The van der Waals surface area contributed by atoms with Gasteiger partial charge in [-0.05, 0) is 18.5 Å². The summed E-state index contributed by atoms with van der Waals surface area (Å²) in [4.78, 5) is 3.76. The molecule has 0 spiro atoms. The largest absolute Gasteiger partial charge is 0.314 e. The van der Waals surface area contributed by atoms with E-state index in [0.717, 1.165) is 11.1 Å².